The van der Waals surface area contributed by atoms with Crippen LogP contribution in [0.2, 0.25) is 0 Å². The van der Waals surface area contributed by atoms with Crippen LogP contribution in [0.5, 0.6) is 0 Å². The van der Waals surface area contributed by atoms with Crippen LogP contribution >= 0.6 is 0 Å². The van der Waals surface area contributed by atoms with E-state index in [1.807, 2.05) is 36.8 Å². The minimum absolute atomic E-state index is 0.329. The Bertz CT molecular complexity index is 1050. The van der Waals surface area contributed by atoms with Crippen LogP contribution in [-0.2, 0) is 0 Å². The third kappa shape index (κ3) is 1.38. The van der Waals surface area contributed by atoms with Crippen molar-refractivity contribution in [1.29, 1.82) is 0 Å². The predicted octanol–water partition coefficient (Wildman–Crippen LogP) is 4.31. The molecule has 1 aromatic carbocycles. The first-order valence-corrected chi connectivity index (χ1v) is 7.46. The number of pyridine rings is 3. The van der Waals surface area contributed by atoms with Gasteiger partial charge >= 0.3 is 0 Å². The molecule has 22 heavy (non-hydrogen) atoms. The van der Waals surface area contributed by atoms with Crippen LogP contribution in [0.4, 0.5) is 0 Å². The van der Waals surface area contributed by atoms with E-state index in [1.54, 1.807) is 0 Å². The first-order valence-electron chi connectivity index (χ1n) is 7.46. The largest absolute Gasteiger partial charge is 0.256 e. The molecule has 0 radical (unpaired) electrons. The van der Waals surface area contributed by atoms with Crippen LogP contribution in [0, 0.1) is 0 Å². The van der Waals surface area contributed by atoms with Crippen molar-refractivity contribution >= 4 is 21.8 Å². The molecule has 1 aliphatic rings. The van der Waals surface area contributed by atoms with Gasteiger partial charge in [-0.15, -0.1) is 0 Å². The van der Waals surface area contributed by atoms with E-state index < -0.39 is 0 Å². The maximum absolute atomic E-state index is 4.60. The van der Waals surface area contributed by atoms with E-state index in [2.05, 4.69) is 40.1 Å². The molecular weight excluding hydrogens is 270 g/mol. The maximum Gasteiger partial charge on any atom is 0.0968 e. The summed E-state index contributed by atoms with van der Waals surface area (Å²) in [5, 5.41) is 2.36. The molecule has 0 saturated heterocycles. The quantitative estimate of drug-likeness (QED) is 0.451. The summed E-state index contributed by atoms with van der Waals surface area (Å²) in [5.41, 5.74) is 6.89. The second-order valence-corrected chi connectivity index (χ2v) is 5.78. The first-order chi connectivity index (χ1) is 10.8. The highest BCUT2D eigenvalue weighted by atomic mass is 14.7. The molecule has 0 amide bonds. The first kappa shape index (κ1) is 11.8. The van der Waals surface area contributed by atoms with Crippen molar-refractivity contribution in [2.45, 2.75) is 12.8 Å². The van der Waals surface area contributed by atoms with Gasteiger partial charge in [0.05, 0.1) is 16.7 Å². The summed E-state index contributed by atoms with van der Waals surface area (Å²) in [4.78, 5) is 13.7. The highest BCUT2D eigenvalue weighted by Crippen LogP contribution is 2.47. The van der Waals surface area contributed by atoms with Crippen LogP contribution in [0.25, 0.3) is 33.1 Å². The molecule has 1 aliphatic carbocycles. The smallest absolute Gasteiger partial charge is 0.0968 e. The molecule has 0 bridgehead atoms. The van der Waals surface area contributed by atoms with Crippen LogP contribution < -0.4 is 0 Å². The topological polar surface area (TPSA) is 38.7 Å². The third-order valence-corrected chi connectivity index (χ3v) is 4.64. The summed E-state index contributed by atoms with van der Waals surface area (Å²) < 4.78 is 0. The molecule has 0 spiro atoms. The van der Waals surface area contributed by atoms with Gasteiger partial charge in [-0.2, -0.15) is 0 Å². The maximum atomic E-state index is 4.60. The van der Waals surface area contributed by atoms with Crippen molar-refractivity contribution < 1.29 is 0 Å². The molecule has 0 N–H and O–H groups in total. The molecule has 4 aromatic rings. The minimum atomic E-state index is 0.329. The molecule has 3 aromatic heterocycles. The Kier molecular flexibility index (Phi) is 2.20. The predicted molar refractivity (Wildman–Crippen MR) is 87.8 cm³/mol. The lowest BCUT2D eigenvalue weighted by atomic mass is 9.93. The standard InChI is InChI=1S/C19H13N3/c1-11-13-4-2-8-20-18(13)14-7-6-12-10-22-15-5-3-9-21-19(15)17(12)16(11)14/h2-11H,1H3. The Hall–Kier alpha value is -2.81. The lowest BCUT2D eigenvalue weighted by Gasteiger charge is -2.11. The summed E-state index contributed by atoms with van der Waals surface area (Å²) in [6, 6.07) is 12.4. The zero-order chi connectivity index (χ0) is 14.7. The van der Waals surface area contributed by atoms with Gasteiger partial charge in [0.1, 0.15) is 0 Å². The zero-order valence-electron chi connectivity index (χ0n) is 12.1. The van der Waals surface area contributed by atoms with Crippen LogP contribution in [0.15, 0.2) is 55.0 Å². The number of nitrogens with zero attached hydrogens (tertiary/aromatic N) is 3. The van der Waals surface area contributed by atoms with Gasteiger partial charge in [-0.1, -0.05) is 25.1 Å². The second kappa shape index (κ2) is 4.10. The van der Waals surface area contributed by atoms with Gasteiger partial charge < -0.3 is 0 Å². The van der Waals surface area contributed by atoms with Gasteiger partial charge in [0.2, 0.25) is 0 Å². The Morgan fingerprint density at radius 1 is 0.909 bits per heavy atom. The molecular formula is C19H13N3. The fourth-order valence-corrected chi connectivity index (χ4v) is 3.64. The number of hydrogen-bond donors (Lipinski definition) is 0. The third-order valence-electron chi connectivity index (χ3n) is 4.64. The van der Waals surface area contributed by atoms with E-state index in [4.69, 9.17) is 0 Å². The molecule has 3 nitrogen and oxygen atoms in total. The Labute approximate surface area is 127 Å². The molecule has 1 unspecified atom stereocenters. The van der Waals surface area contributed by atoms with Crippen molar-refractivity contribution in [3.8, 4) is 11.3 Å². The van der Waals surface area contributed by atoms with Crippen molar-refractivity contribution in [2.75, 3.05) is 0 Å². The van der Waals surface area contributed by atoms with Crippen molar-refractivity contribution in [3.63, 3.8) is 0 Å². The summed E-state index contributed by atoms with van der Waals surface area (Å²) in [5.74, 6) is 0.329. The summed E-state index contributed by atoms with van der Waals surface area (Å²) in [6.45, 7) is 2.25. The lowest BCUT2D eigenvalue weighted by Crippen LogP contribution is -1.94. The highest BCUT2D eigenvalue weighted by Gasteiger charge is 2.29. The normalized spacial score (nSPS) is 16.0. The number of benzene rings is 1. The van der Waals surface area contributed by atoms with E-state index in [0.717, 1.165) is 22.1 Å². The average Bonchev–Trinajstić information content (AvgIpc) is 2.88. The van der Waals surface area contributed by atoms with Gasteiger partial charge in [0.15, 0.2) is 0 Å². The summed E-state index contributed by atoms with van der Waals surface area (Å²) in [7, 11) is 0. The number of rotatable bonds is 0. The molecule has 3 heteroatoms. The summed E-state index contributed by atoms with van der Waals surface area (Å²) >= 11 is 0. The SMILES string of the molecule is CC1c2cccnc2-c2ccc3cnc4cccnc4c3c21. The van der Waals surface area contributed by atoms with Crippen LogP contribution in [0.1, 0.15) is 24.0 Å². The number of fused-ring (bicyclic) bond motifs is 7. The minimum Gasteiger partial charge on any atom is -0.256 e. The van der Waals surface area contributed by atoms with Crippen LogP contribution in [0.3, 0.4) is 0 Å². The van der Waals surface area contributed by atoms with Gasteiger partial charge in [0, 0.05) is 40.8 Å². The van der Waals surface area contributed by atoms with Gasteiger partial charge in [-0.25, -0.2) is 0 Å². The van der Waals surface area contributed by atoms with E-state index >= 15 is 0 Å². The van der Waals surface area contributed by atoms with Crippen molar-refractivity contribution in [1.82, 2.24) is 15.0 Å². The second-order valence-electron chi connectivity index (χ2n) is 5.78. The molecule has 1 atom stereocenters. The van der Waals surface area contributed by atoms with E-state index in [9.17, 15) is 0 Å². The molecule has 0 fully saturated rings. The number of hydrogen-bond acceptors (Lipinski definition) is 3. The zero-order valence-corrected chi connectivity index (χ0v) is 12.1. The monoisotopic (exact) mass is 283 g/mol. The lowest BCUT2D eigenvalue weighted by molar-refractivity contribution is 0.962. The van der Waals surface area contributed by atoms with Gasteiger partial charge in [-0.05, 0) is 29.3 Å². The Morgan fingerprint density at radius 2 is 1.77 bits per heavy atom. The summed E-state index contributed by atoms with van der Waals surface area (Å²) in [6.07, 6.45) is 5.66. The van der Waals surface area contributed by atoms with Gasteiger partial charge in [0.25, 0.3) is 0 Å². The Morgan fingerprint density at radius 3 is 2.73 bits per heavy atom. The average molecular weight is 283 g/mol. The van der Waals surface area contributed by atoms with Crippen molar-refractivity contribution in [2.24, 2.45) is 0 Å². The molecule has 0 aliphatic heterocycles. The van der Waals surface area contributed by atoms with E-state index in [1.165, 1.54) is 22.1 Å². The van der Waals surface area contributed by atoms with E-state index in [-0.39, 0.29) is 0 Å². The van der Waals surface area contributed by atoms with E-state index in [0.29, 0.717) is 5.92 Å². The van der Waals surface area contributed by atoms with Gasteiger partial charge in [-0.3, -0.25) is 15.0 Å². The Balaban J connectivity index is 2.00. The molecule has 0 saturated carbocycles. The van der Waals surface area contributed by atoms with Crippen LogP contribution in [-0.4, -0.2) is 15.0 Å². The molecule has 3 heterocycles. The highest BCUT2D eigenvalue weighted by molar-refractivity contribution is 6.08. The van der Waals surface area contributed by atoms with Crippen molar-refractivity contribution in [3.05, 3.63) is 66.1 Å². The fourth-order valence-electron chi connectivity index (χ4n) is 3.64. The number of aromatic nitrogens is 3. The molecule has 104 valence electrons. The fraction of sp³-hybridized carbons (Fsp3) is 0.105. The molecule has 5 rings (SSSR count).